The topological polar surface area (TPSA) is 108 Å². The number of para-hydroxylation sites is 1. The first-order valence-corrected chi connectivity index (χ1v) is 10.4. The number of rotatable bonds is 8. The summed E-state index contributed by atoms with van der Waals surface area (Å²) in [5.41, 5.74) is 7.09. The summed E-state index contributed by atoms with van der Waals surface area (Å²) >= 11 is 0. The van der Waals surface area contributed by atoms with Crippen LogP contribution >= 0.6 is 0 Å². The van der Waals surface area contributed by atoms with Crippen molar-refractivity contribution in [2.45, 2.75) is 32.9 Å². The minimum atomic E-state index is -1.12. The summed E-state index contributed by atoms with van der Waals surface area (Å²) in [4.78, 5) is 46.4. The maximum absolute atomic E-state index is 13.3. The number of allylic oxidation sites excluding steroid dienone is 1. The lowest BCUT2D eigenvalue weighted by Gasteiger charge is -2.27. The van der Waals surface area contributed by atoms with Crippen molar-refractivity contribution >= 4 is 29.2 Å². The SMILES string of the molecule is C=CC[C@H](C(N)=O)[C@@H](CC(C)C)C(=O)NC1N=C(N(C)C)c2ccccc2N(C)C1=O. The summed E-state index contributed by atoms with van der Waals surface area (Å²) in [6, 6.07) is 7.45. The molecule has 1 aromatic carbocycles. The van der Waals surface area contributed by atoms with Gasteiger partial charge in [-0.3, -0.25) is 14.4 Å². The van der Waals surface area contributed by atoms with Crippen LogP contribution in [0, 0.1) is 17.8 Å². The van der Waals surface area contributed by atoms with E-state index in [9.17, 15) is 14.4 Å². The lowest BCUT2D eigenvalue weighted by molar-refractivity contribution is -0.135. The van der Waals surface area contributed by atoms with E-state index >= 15 is 0 Å². The van der Waals surface area contributed by atoms with Gasteiger partial charge in [0, 0.05) is 26.7 Å². The number of carbonyl (C=O) groups excluding carboxylic acids is 3. The number of hydrogen-bond acceptors (Lipinski definition) is 5. The largest absolute Gasteiger partial charge is 0.369 e. The highest BCUT2D eigenvalue weighted by atomic mass is 16.2. The smallest absolute Gasteiger partial charge is 0.272 e. The van der Waals surface area contributed by atoms with Gasteiger partial charge in [0.15, 0.2) is 0 Å². The molecule has 0 spiro atoms. The number of anilines is 1. The second-order valence-electron chi connectivity index (χ2n) is 8.44. The molecule has 1 aliphatic rings. The average Bonchev–Trinajstić information content (AvgIpc) is 2.81. The van der Waals surface area contributed by atoms with Gasteiger partial charge in [-0.2, -0.15) is 0 Å². The first kappa shape index (κ1) is 24.1. The van der Waals surface area contributed by atoms with E-state index < -0.39 is 29.8 Å². The molecule has 0 saturated carbocycles. The highest BCUT2D eigenvalue weighted by Gasteiger charge is 2.36. The second kappa shape index (κ2) is 10.2. The number of amidine groups is 1. The van der Waals surface area contributed by atoms with E-state index in [2.05, 4.69) is 16.9 Å². The third kappa shape index (κ3) is 5.51. The van der Waals surface area contributed by atoms with Crippen LogP contribution in [0.2, 0.25) is 0 Å². The van der Waals surface area contributed by atoms with Gasteiger partial charge >= 0.3 is 0 Å². The molecule has 8 nitrogen and oxygen atoms in total. The Morgan fingerprint density at radius 2 is 1.94 bits per heavy atom. The van der Waals surface area contributed by atoms with Gasteiger partial charge in [0.2, 0.25) is 18.0 Å². The molecule has 0 aromatic heterocycles. The summed E-state index contributed by atoms with van der Waals surface area (Å²) in [6.07, 6.45) is 1.21. The zero-order chi connectivity index (χ0) is 23.3. The number of fused-ring (bicyclic) bond motifs is 1. The van der Waals surface area contributed by atoms with Crippen LogP contribution in [0.15, 0.2) is 41.9 Å². The van der Waals surface area contributed by atoms with Crippen LogP contribution in [0.5, 0.6) is 0 Å². The van der Waals surface area contributed by atoms with Gasteiger partial charge in [0.1, 0.15) is 5.84 Å². The predicted octanol–water partition coefficient (Wildman–Crippen LogP) is 1.75. The van der Waals surface area contributed by atoms with Crippen molar-refractivity contribution < 1.29 is 14.4 Å². The third-order valence-electron chi connectivity index (χ3n) is 5.36. The Balaban J connectivity index is 2.43. The van der Waals surface area contributed by atoms with Crippen LogP contribution in [0.4, 0.5) is 5.69 Å². The van der Waals surface area contributed by atoms with Crippen molar-refractivity contribution in [2.75, 3.05) is 26.0 Å². The summed E-state index contributed by atoms with van der Waals surface area (Å²) < 4.78 is 0. The van der Waals surface area contributed by atoms with Crippen molar-refractivity contribution in [3.63, 3.8) is 0 Å². The van der Waals surface area contributed by atoms with Crippen molar-refractivity contribution in [3.8, 4) is 0 Å². The van der Waals surface area contributed by atoms with Gasteiger partial charge in [-0.25, -0.2) is 4.99 Å². The Labute approximate surface area is 184 Å². The molecule has 3 atom stereocenters. The number of hydrogen-bond donors (Lipinski definition) is 2. The van der Waals surface area contributed by atoms with Gasteiger partial charge in [-0.1, -0.05) is 32.1 Å². The molecule has 31 heavy (non-hydrogen) atoms. The quantitative estimate of drug-likeness (QED) is 0.616. The summed E-state index contributed by atoms with van der Waals surface area (Å²) in [6.45, 7) is 7.61. The van der Waals surface area contributed by atoms with Gasteiger partial charge in [-0.05, 0) is 30.9 Å². The zero-order valence-electron chi connectivity index (χ0n) is 19.0. The fourth-order valence-electron chi connectivity index (χ4n) is 3.82. The fourth-order valence-corrected chi connectivity index (χ4v) is 3.82. The number of nitrogens with two attached hydrogens (primary N) is 1. The minimum absolute atomic E-state index is 0.153. The Morgan fingerprint density at radius 3 is 2.48 bits per heavy atom. The van der Waals surface area contributed by atoms with Crippen LogP contribution in [0.25, 0.3) is 0 Å². The van der Waals surface area contributed by atoms with Crippen molar-refractivity contribution in [2.24, 2.45) is 28.5 Å². The summed E-state index contributed by atoms with van der Waals surface area (Å²) in [5, 5.41) is 2.77. The van der Waals surface area contributed by atoms with E-state index in [4.69, 9.17) is 5.73 Å². The molecular weight excluding hydrogens is 394 g/mol. The maximum atomic E-state index is 13.3. The van der Waals surface area contributed by atoms with Crippen LogP contribution in [0.3, 0.4) is 0 Å². The lowest BCUT2D eigenvalue weighted by atomic mass is 9.82. The second-order valence-corrected chi connectivity index (χ2v) is 8.44. The normalized spacial score (nSPS) is 17.9. The number of amides is 3. The predicted molar refractivity (Wildman–Crippen MR) is 122 cm³/mol. The fraction of sp³-hybridized carbons (Fsp3) is 0.478. The van der Waals surface area contributed by atoms with E-state index in [0.717, 1.165) is 5.56 Å². The number of nitrogens with one attached hydrogen (secondary N) is 1. The maximum Gasteiger partial charge on any atom is 0.272 e. The van der Waals surface area contributed by atoms with Crippen LogP contribution in [0.1, 0.15) is 32.3 Å². The highest BCUT2D eigenvalue weighted by molar-refractivity contribution is 6.12. The molecule has 168 valence electrons. The molecular formula is C23H33N5O3. The number of benzodiazepines with no additional fused rings is 1. The molecule has 1 aromatic rings. The molecule has 3 N–H and O–H groups in total. The lowest BCUT2D eigenvalue weighted by Crippen LogP contribution is -2.50. The molecule has 0 radical (unpaired) electrons. The van der Waals surface area contributed by atoms with Crippen molar-refractivity contribution in [1.29, 1.82) is 0 Å². The molecule has 1 unspecified atom stereocenters. The zero-order valence-corrected chi connectivity index (χ0v) is 19.0. The number of nitrogens with zero attached hydrogens (tertiary/aromatic N) is 3. The molecule has 0 bridgehead atoms. The summed E-state index contributed by atoms with van der Waals surface area (Å²) in [7, 11) is 5.32. The van der Waals surface area contributed by atoms with Gasteiger partial charge in [0.05, 0.1) is 17.5 Å². The van der Waals surface area contributed by atoms with Gasteiger partial charge in [-0.15, -0.1) is 6.58 Å². The number of aliphatic imine (C=N–C) groups is 1. The standard InChI is InChI=1S/C23H33N5O3/c1-7-10-15(19(24)29)17(13-14(2)3)22(30)26-20-23(31)28(6)18-12-9-8-11-16(18)21(25-20)27(4)5/h7-9,11-12,14-15,17,20H,1,10,13H2,2-6H3,(H2,24,29)(H,26,30)/t15-,17+,20?/m0/s1. The first-order chi connectivity index (χ1) is 14.6. The van der Waals surface area contributed by atoms with Gasteiger partial charge in [0.25, 0.3) is 5.91 Å². The minimum Gasteiger partial charge on any atom is -0.369 e. The number of likely N-dealkylation sites (N-methyl/N-ethyl adjacent to an activating group) is 1. The van der Waals surface area contributed by atoms with Crippen molar-refractivity contribution in [3.05, 3.63) is 42.5 Å². The Bertz CT molecular complexity index is 878. The third-order valence-corrected chi connectivity index (χ3v) is 5.36. The first-order valence-electron chi connectivity index (χ1n) is 10.4. The molecule has 0 fully saturated rings. The van der Waals surface area contributed by atoms with E-state index in [1.807, 2.05) is 52.2 Å². The Kier molecular flexibility index (Phi) is 7.96. The number of benzene rings is 1. The molecule has 0 aliphatic carbocycles. The Hall–Kier alpha value is -3.16. The molecule has 1 aliphatic heterocycles. The van der Waals surface area contributed by atoms with Crippen molar-refractivity contribution in [1.82, 2.24) is 10.2 Å². The molecule has 0 saturated heterocycles. The molecule has 2 rings (SSSR count). The molecule has 3 amide bonds. The monoisotopic (exact) mass is 427 g/mol. The van der Waals surface area contributed by atoms with Crippen LogP contribution < -0.4 is 16.0 Å². The van der Waals surface area contributed by atoms with E-state index in [-0.39, 0.29) is 18.2 Å². The molecule has 8 heteroatoms. The Morgan fingerprint density at radius 1 is 1.29 bits per heavy atom. The van der Waals surface area contributed by atoms with E-state index in [1.54, 1.807) is 18.0 Å². The number of primary amides is 1. The van der Waals surface area contributed by atoms with E-state index in [0.29, 0.717) is 17.9 Å². The van der Waals surface area contributed by atoms with Crippen LogP contribution in [-0.4, -0.2) is 55.8 Å². The van der Waals surface area contributed by atoms with E-state index in [1.165, 1.54) is 4.90 Å². The highest BCUT2D eigenvalue weighted by Crippen LogP contribution is 2.27. The average molecular weight is 428 g/mol. The number of carbonyl (C=O) groups is 3. The summed E-state index contributed by atoms with van der Waals surface area (Å²) in [5.74, 6) is -1.99. The van der Waals surface area contributed by atoms with Gasteiger partial charge < -0.3 is 20.9 Å². The van der Waals surface area contributed by atoms with Crippen LogP contribution in [-0.2, 0) is 14.4 Å². The molecule has 1 heterocycles.